The van der Waals surface area contributed by atoms with Crippen LogP contribution < -0.4 is 11.1 Å². The molecular formula is C17H27ClN2O. The van der Waals surface area contributed by atoms with Crippen LogP contribution in [0.1, 0.15) is 52.1 Å². The lowest BCUT2D eigenvalue weighted by molar-refractivity contribution is -0.126. The Bertz CT molecular complexity index is 451. The molecule has 0 saturated heterocycles. The fraction of sp³-hybridized carbons (Fsp3) is 0.588. The highest BCUT2D eigenvalue weighted by Crippen LogP contribution is 2.25. The van der Waals surface area contributed by atoms with Crippen LogP contribution in [0.4, 0.5) is 0 Å². The van der Waals surface area contributed by atoms with E-state index in [4.69, 9.17) is 17.3 Å². The number of nitrogens with one attached hydrogen (secondary N) is 1. The van der Waals surface area contributed by atoms with Gasteiger partial charge in [-0.05, 0) is 36.0 Å². The summed E-state index contributed by atoms with van der Waals surface area (Å²) in [5, 5.41) is 3.82. The lowest BCUT2D eigenvalue weighted by Gasteiger charge is -2.26. The van der Waals surface area contributed by atoms with Gasteiger partial charge in [0.15, 0.2) is 0 Å². The fourth-order valence-corrected chi connectivity index (χ4v) is 2.55. The first kappa shape index (κ1) is 18.0. The van der Waals surface area contributed by atoms with Crippen molar-refractivity contribution < 1.29 is 4.79 Å². The second-order valence-electron chi connectivity index (χ2n) is 6.72. The van der Waals surface area contributed by atoms with Crippen molar-refractivity contribution in [3.63, 3.8) is 0 Å². The summed E-state index contributed by atoms with van der Waals surface area (Å²) in [6, 6.07) is 7.61. The molecule has 1 aromatic carbocycles. The van der Waals surface area contributed by atoms with Crippen LogP contribution in [-0.4, -0.2) is 12.5 Å². The largest absolute Gasteiger partial charge is 0.349 e. The van der Waals surface area contributed by atoms with Gasteiger partial charge in [0, 0.05) is 11.6 Å². The van der Waals surface area contributed by atoms with Crippen LogP contribution in [0.3, 0.4) is 0 Å². The fourth-order valence-electron chi connectivity index (χ4n) is 2.43. The molecule has 0 aliphatic carbocycles. The Labute approximate surface area is 133 Å². The van der Waals surface area contributed by atoms with Gasteiger partial charge in [0.25, 0.3) is 0 Å². The molecule has 3 nitrogen and oxygen atoms in total. The average molecular weight is 311 g/mol. The Morgan fingerprint density at radius 1 is 1.29 bits per heavy atom. The van der Waals surface area contributed by atoms with Crippen molar-refractivity contribution in [1.82, 2.24) is 5.32 Å². The van der Waals surface area contributed by atoms with E-state index in [1.165, 1.54) is 0 Å². The number of carbonyl (C=O) groups excluding carboxylic acids is 1. The quantitative estimate of drug-likeness (QED) is 0.836. The van der Waals surface area contributed by atoms with E-state index in [0.717, 1.165) is 18.4 Å². The highest BCUT2D eigenvalue weighted by atomic mass is 35.5. The van der Waals surface area contributed by atoms with Crippen LogP contribution >= 0.6 is 11.6 Å². The summed E-state index contributed by atoms with van der Waals surface area (Å²) in [6.45, 7) is 8.80. The van der Waals surface area contributed by atoms with Crippen LogP contribution in [0.25, 0.3) is 0 Å². The minimum atomic E-state index is -0.147. The maximum atomic E-state index is 12.4. The first-order valence-electron chi connectivity index (χ1n) is 7.52. The van der Waals surface area contributed by atoms with Gasteiger partial charge in [-0.3, -0.25) is 4.79 Å². The molecular weight excluding hydrogens is 284 g/mol. The maximum Gasteiger partial charge on any atom is 0.224 e. The van der Waals surface area contributed by atoms with Gasteiger partial charge in [-0.25, -0.2) is 0 Å². The first-order chi connectivity index (χ1) is 9.76. The van der Waals surface area contributed by atoms with E-state index in [1.54, 1.807) is 0 Å². The van der Waals surface area contributed by atoms with Crippen molar-refractivity contribution in [2.45, 2.75) is 46.6 Å². The van der Waals surface area contributed by atoms with E-state index in [2.05, 4.69) is 33.0 Å². The summed E-state index contributed by atoms with van der Waals surface area (Å²) in [5.74, 6) is -0.111. The summed E-state index contributed by atoms with van der Waals surface area (Å²) in [5.41, 5.74) is 6.94. The van der Waals surface area contributed by atoms with E-state index >= 15 is 0 Å². The van der Waals surface area contributed by atoms with Crippen molar-refractivity contribution in [3.05, 3.63) is 34.9 Å². The molecule has 3 N–H and O–H groups in total. The summed E-state index contributed by atoms with van der Waals surface area (Å²) in [6.07, 6.45) is 1.62. The molecule has 0 radical (unpaired) electrons. The number of nitrogens with two attached hydrogens (primary N) is 1. The third-order valence-corrected chi connectivity index (χ3v) is 3.76. The second-order valence-corrected chi connectivity index (χ2v) is 7.15. The van der Waals surface area contributed by atoms with Crippen molar-refractivity contribution in [2.24, 2.45) is 17.1 Å². The van der Waals surface area contributed by atoms with Gasteiger partial charge < -0.3 is 11.1 Å². The standard InChI is InChI=1S/C17H27ClN2O/c1-5-15(12-6-8-14(18)9-7-12)20-16(21)13(11-19)10-17(2,3)4/h6-9,13,15H,5,10-11,19H2,1-4H3,(H,20,21). The lowest BCUT2D eigenvalue weighted by Crippen LogP contribution is -2.39. The maximum absolute atomic E-state index is 12.4. The zero-order valence-corrected chi connectivity index (χ0v) is 14.2. The molecule has 1 aromatic rings. The van der Waals surface area contributed by atoms with Gasteiger partial charge in [0.05, 0.1) is 12.0 Å². The predicted octanol–water partition coefficient (Wildman–Crippen LogP) is 3.92. The molecule has 0 spiro atoms. The molecule has 4 heteroatoms. The molecule has 0 aliphatic rings. The molecule has 0 fully saturated rings. The molecule has 1 rings (SSSR count). The van der Waals surface area contributed by atoms with Crippen molar-refractivity contribution in [2.75, 3.05) is 6.54 Å². The van der Waals surface area contributed by atoms with Crippen molar-refractivity contribution >= 4 is 17.5 Å². The van der Waals surface area contributed by atoms with Gasteiger partial charge in [-0.2, -0.15) is 0 Å². The van der Waals surface area contributed by atoms with Gasteiger partial charge >= 0.3 is 0 Å². The van der Waals surface area contributed by atoms with Crippen LogP contribution in [0.15, 0.2) is 24.3 Å². The minimum Gasteiger partial charge on any atom is -0.349 e. The molecule has 0 aromatic heterocycles. The summed E-state index contributed by atoms with van der Waals surface area (Å²) in [7, 11) is 0. The van der Waals surface area contributed by atoms with Crippen molar-refractivity contribution in [1.29, 1.82) is 0 Å². The molecule has 0 bridgehead atoms. The average Bonchev–Trinajstić information content (AvgIpc) is 2.42. The highest BCUT2D eigenvalue weighted by Gasteiger charge is 2.25. The molecule has 118 valence electrons. The smallest absolute Gasteiger partial charge is 0.224 e. The normalized spacial score (nSPS) is 14.6. The number of amides is 1. The number of hydrogen-bond acceptors (Lipinski definition) is 2. The number of carbonyl (C=O) groups is 1. The molecule has 1 amide bonds. The van der Waals surface area contributed by atoms with Gasteiger partial charge in [-0.1, -0.05) is 51.4 Å². The van der Waals surface area contributed by atoms with Gasteiger partial charge in [0.1, 0.15) is 0 Å². The Hall–Kier alpha value is -1.06. The molecule has 21 heavy (non-hydrogen) atoms. The number of hydrogen-bond donors (Lipinski definition) is 2. The van der Waals surface area contributed by atoms with E-state index < -0.39 is 0 Å². The van der Waals surface area contributed by atoms with E-state index in [0.29, 0.717) is 11.6 Å². The SMILES string of the molecule is CCC(NC(=O)C(CN)CC(C)(C)C)c1ccc(Cl)cc1. The molecule has 0 aliphatic heterocycles. The zero-order chi connectivity index (χ0) is 16.0. The minimum absolute atomic E-state index is 0.00350. The van der Waals surface area contributed by atoms with Gasteiger partial charge in [0.2, 0.25) is 5.91 Å². The summed E-state index contributed by atoms with van der Waals surface area (Å²) >= 11 is 5.91. The Kier molecular flexibility index (Phi) is 6.69. The number of rotatable bonds is 6. The molecule has 0 heterocycles. The van der Waals surface area contributed by atoms with E-state index in [9.17, 15) is 4.79 Å². The Balaban J connectivity index is 2.75. The van der Waals surface area contributed by atoms with Crippen LogP contribution in [0, 0.1) is 11.3 Å². The second kappa shape index (κ2) is 7.81. The van der Waals surface area contributed by atoms with E-state index in [-0.39, 0.29) is 23.3 Å². The summed E-state index contributed by atoms with van der Waals surface area (Å²) in [4.78, 5) is 12.4. The molecule has 2 atom stereocenters. The lowest BCUT2D eigenvalue weighted by atomic mass is 9.84. The van der Waals surface area contributed by atoms with Gasteiger partial charge in [-0.15, -0.1) is 0 Å². The monoisotopic (exact) mass is 310 g/mol. The van der Waals surface area contributed by atoms with Crippen LogP contribution in [0.5, 0.6) is 0 Å². The predicted molar refractivity (Wildman–Crippen MR) is 89.2 cm³/mol. The van der Waals surface area contributed by atoms with Crippen LogP contribution in [-0.2, 0) is 4.79 Å². The molecule has 0 saturated carbocycles. The van der Waals surface area contributed by atoms with Crippen LogP contribution in [0.2, 0.25) is 5.02 Å². The highest BCUT2D eigenvalue weighted by molar-refractivity contribution is 6.30. The third-order valence-electron chi connectivity index (χ3n) is 3.51. The van der Waals surface area contributed by atoms with E-state index in [1.807, 2.05) is 24.3 Å². The van der Waals surface area contributed by atoms with Crippen molar-refractivity contribution in [3.8, 4) is 0 Å². The Morgan fingerprint density at radius 2 is 1.86 bits per heavy atom. The number of benzene rings is 1. The molecule has 2 unspecified atom stereocenters. The topological polar surface area (TPSA) is 55.1 Å². The summed E-state index contributed by atoms with van der Waals surface area (Å²) < 4.78 is 0. The first-order valence-corrected chi connectivity index (χ1v) is 7.90. The number of halogens is 1. The third kappa shape index (κ3) is 6.06. The zero-order valence-electron chi connectivity index (χ0n) is 13.4. The Morgan fingerprint density at radius 3 is 2.29 bits per heavy atom.